The number of rotatable bonds is 6. The average molecular weight is 451 g/mol. The number of ether oxygens (including phenoxy) is 2. The number of benzene rings is 2. The van der Waals surface area contributed by atoms with Crippen LogP contribution in [0, 0.1) is 6.92 Å². The van der Waals surface area contributed by atoms with Crippen LogP contribution in [-0.4, -0.2) is 37.5 Å². The molecule has 0 bridgehead atoms. The molecule has 2 aromatic carbocycles. The van der Waals surface area contributed by atoms with Crippen LogP contribution in [0.1, 0.15) is 22.8 Å². The summed E-state index contributed by atoms with van der Waals surface area (Å²) in [6.07, 6.45) is 0. The first-order chi connectivity index (χ1) is 15.4. The van der Waals surface area contributed by atoms with Crippen LogP contribution in [0.5, 0.6) is 5.75 Å². The number of nitrogens with one attached hydrogen (secondary N) is 1. The number of fused-ring (bicyclic) bond motifs is 1. The summed E-state index contributed by atoms with van der Waals surface area (Å²) < 4.78 is 10.4. The van der Waals surface area contributed by atoms with Crippen molar-refractivity contribution >= 4 is 39.9 Å². The number of carbonyl (C=O) groups is 3. The van der Waals surface area contributed by atoms with E-state index in [9.17, 15) is 14.4 Å². The summed E-state index contributed by atoms with van der Waals surface area (Å²) in [6.45, 7) is 3.79. The van der Waals surface area contributed by atoms with Crippen LogP contribution < -0.4 is 15.0 Å². The molecule has 0 radical (unpaired) electrons. The van der Waals surface area contributed by atoms with E-state index in [2.05, 4.69) is 5.32 Å². The Morgan fingerprint density at radius 1 is 1.16 bits per heavy atom. The first-order valence-electron chi connectivity index (χ1n) is 10.2. The smallest absolute Gasteiger partial charge is 0.341 e. The van der Waals surface area contributed by atoms with E-state index in [1.165, 1.54) is 11.3 Å². The molecule has 0 atom stereocenters. The highest BCUT2D eigenvalue weighted by atomic mass is 32.1. The van der Waals surface area contributed by atoms with E-state index in [0.29, 0.717) is 22.0 Å². The van der Waals surface area contributed by atoms with Crippen LogP contribution in [-0.2, 0) is 14.3 Å². The molecule has 1 aliphatic heterocycles. The zero-order valence-electron chi connectivity index (χ0n) is 17.7. The Morgan fingerprint density at radius 3 is 2.69 bits per heavy atom. The summed E-state index contributed by atoms with van der Waals surface area (Å²) in [5.41, 5.74) is 2.91. The minimum absolute atomic E-state index is 0.0334. The Morgan fingerprint density at radius 2 is 1.94 bits per heavy atom. The zero-order valence-corrected chi connectivity index (χ0v) is 18.5. The molecule has 1 aliphatic rings. The minimum atomic E-state index is -0.497. The van der Waals surface area contributed by atoms with Gasteiger partial charge in [-0.3, -0.25) is 4.79 Å². The van der Waals surface area contributed by atoms with Gasteiger partial charge in [-0.2, -0.15) is 0 Å². The van der Waals surface area contributed by atoms with Gasteiger partial charge >= 0.3 is 11.9 Å². The quantitative estimate of drug-likeness (QED) is 0.446. The van der Waals surface area contributed by atoms with Crippen molar-refractivity contribution in [1.82, 2.24) is 0 Å². The van der Waals surface area contributed by atoms with Crippen molar-refractivity contribution < 1.29 is 23.9 Å². The van der Waals surface area contributed by atoms with Crippen molar-refractivity contribution in [3.8, 4) is 16.2 Å². The van der Waals surface area contributed by atoms with Crippen molar-refractivity contribution in [2.24, 2.45) is 0 Å². The molecule has 1 N–H and O–H groups in total. The number of nitrogens with zero attached hydrogens (tertiary/aromatic N) is 1. The highest BCUT2D eigenvalue weighted by Gasteiger charge is 2.27. The number of anilines is 2. The van der Waals surface area contributed by atoms with E-state index in [1.54, 1.807) is 24.0 Å². The summed E-state index contributed by atoms with van der Waals surface area (Å²) in [4.78, 5) is 39.9. The van der Waals surface area contributed by atoms with E-state index in [1.807, 2.05) is 49.4 Å². The Hall–Kier alpha value is -3.65. The van der Waals surface area contributed by atoms with E-state index < -0.39 is 11.9 Å². The minimum Gasteiger partial charge on any atom is -0.462 e. The van der Waals surface area contributed by atoms with Gasteiger partial charge in [0.15, 0.2) is 5.75 Å². The van der Waals surface area contributed by atoms with Gasteiger partial charge in [-0.15, -0.1) is 11.3 Å². The van der Waals surface area contributed by atoms with Crippen LogP contribution >= 0.6 is 11.3 Å². The number of aryl methyl sites for hydroxylation is 1. The Balaban J connectivity index is 1.58. The first-order valence-corrected chi connectivity index (χ1v) is 11.0. The van der Waals surface area contributed by atoms with Crippen molar-refractivity contribution in [2.75, 3.05) is 29.9 Å². The topological polar surface area (TPSA) is 84.9 Å². The third-order valence-corrected chi connectivity index (χ3v) is 5.97. The normalized spacial score (nSPS) is 12.7. The molecule has 8 heteroatoms. The van der Waals surface area contributed by atoms with Gasteiger partial charge in [0.05, 0.1) is 24.4 Å². The number of carbonyl (C=O) groups excluding carboxylic acids is 3. The first kappa shape index (κ1) is 21.6. The largest absolute Gasteiger partial charge is 0.462 e. The molecule has 0 fully saturated rings. The van der Waals surface area contributed by atoms with Crippen LogP contribution in [0.15, 0.2) is 54.6 Å². The van der Waals surface area contributed by atoms with Gasteiger partial charge < -0.3 is 19.7 Å². The third kappa shape index (κ3) is 4.65. The predicted molar refractivity (Wildman–Crippen MR) is 123 cm³/mol. The van der Waals surface area contributed by atoms with Crippen molar-refractivity contribution in [3.05, 3.63) is 65.7 Å². The van der Waals surface area contributed by atoms with Gasteiger partial charge in [-0.25, -0.2) is 9.59 Å². The molecule has 1 amide bonds. The van der Waals surface area contributed by atoms with Gasteiger partial charge in [0.25, 0.3) is 0 Å². The van der Waals surface area contributed by atoms with E-state index >= 15 is 0 Å². The zero-order chi connectivity index (χ0) is 22.7. The number of hydrogen-bond acceptors (Lipinski definition) is 7. The van der Waals surface area contributed by atoms with Gasteiger partial charge in [0, 0.05) is 4.88 Å². The van der Waals surface area contributed by atoms with Crippen molar-refractivity contribution in [3.63, 3.8) is 0 Å². The second-order valence-corrected chi connectivity index (χ2v) is 8.34. The van der Waals surface area contributed by atoms with Crippen LogP contribution in [0.4, 0.5) is 10.7 Å². The SMILES string of the molecule is CCOC(=O)c1cc(-c2ccccc2)sc1NC(=O)CN1CC(=O)Oc2ccc(C)cc21. The van der Waals surface area contributed by atoms with Gasteiger partial charge in [0.1, 0.15) is 11.5 Å². The van der Waals surface area contributed by atoms with Crippen LogP contribution in [0.2, 0.25) is 0 Å². The van der Waals surface area contributed by atoms with E-state index in [0.717, 1.165) is 16.0 Å². The molecule has 1 aromatic heterocycles. The van der Waals surface area contributed by atoms with Gasteiger partial charge in [-0.05, 0) is 43.2 Å². The molecule has 4 rings (SSSR count). The summed E-state index contributed by atoms with van der Waals surface area (Å²) >= 11 is 1.30. The summed E-state index contributed by atoms with van der Waals surface area (Å²) in [5, 5.41) is 3.25. The van der Waals surface area contributed by atoms with Crippen LogP contribution in [0.25, 0.3) is 10.4 Å². The monoisotopic (exact) mass is 450 g/mol. The second-order valence-electron chi connectivity index (χ2n) is 7.29. The number of hydrogen-bond donors (Lipinski definition) is 1. The maximum atomic E-state index is 12.9. The fourth-order valence-electron chi connectivity index (χ4n) is 3.43. The fourth-order valence-corrected chi connectivity index (χ4v) is 4.49. The molecule has 32 heavy (non-hydrogen) atoms. The molecular weight excluding hydrogens is 428 g/mol. The standard InChI is InChI=1S/C24H22N2O5S/c1-3-30-24(29)17-12-20(16-7-5-4-6-8-16)32-23(17)25-21(27)13-26-14-22(28)31-19-10-9-15(2)11-18(19)26/h4-12H,3,13-14H2,1-2H3,(H,25,27). The Kier molecular flexibility index (Phi) is 6.23. The predicted octanol–water partition coefficient (Wildman–Crippen LogP) is 4.26. The number of amides is 1. The summed E-state index contributed by atoms with van der Waals surface area (Å²) in [5.74, 6) is -0.846. The fraction of sp³-hybridized carbons (Fsp3) is 0.208. The number of esters is 2. The summed E-state index contributed by atoms with van der Waals surface area (Å²) in [6, 6.07) is 16.8. The van der Waals surface area contributed by atoms with Crippen molar-refractivity contribution in [2.45, 2.75) is 13.8 Å². The molecular formula is C24H22N2O5S. The summed E-state index contributed by atoms with van der Waals surface area (Å²) in [7, 11) is 0. The Labute approximate surface area is 189 Å². The highest BCUT2D eigenvalue weighted by molar-refractivity contribution is 7.20. The van der Waals surface area contributed by atoms with E-state index in [4.69, 9.17) is 9.47 Å². The average Bonchev–Trinajstić information content (AvgIpc) is 3.19. The molecule has 0 aliphatic carbocycles. The maximum Gasteiger partial charge on any atom is 0.341 e. The van der Waals surface area contributed by atoms with E-state index in [-0.39, 0.29) is 25.6 Å². The van der Waals surface area contributed by atoms with Crippen LogP contribution in [0.3, 0.4) is 0 Å². The molecule has 164 valence electrons. The third-order valence-electron chi connectivity index (χ3n) is 4.87. The molecule has 3 aromatic rings. The molecule has 2 heterocycles. The molecule has 0 unspecified atom stereocenters. The van der Waals surface area contributed by atoms with Gasteiger partial charge in [0.2, 0.25) is 5.91 Å². The maximum absolute atomic E-state index is 12.9. The Bertz CT molecular complexity index is 1170. The lowest BCUT2D eigenvalue weighted by atomic mass is 10.1. The number of thiophene rings is 1. The van der Waals surface area contributed by atoms with Gasteiger partial charge in [-0.1, -0.05) is 36.4 Å². The molecule has 0 spiro atoms. The lowest BCUT2D eigenvalue weighted by Crippen LogP contribution is -2.41. The molecule has 7 nitrogen and oxygen atoms in total. The molecule has 0 saturated heterocycles. The lowest BCUT2D eigenvalue weighted by molar-refractivity contribution is -0.133. The lowest BCUT2D eigenvalue weighted by Gasteiger charge is -2.29. The highest BCUT2D eigenvalue weighted by Crippen LogP contribution is 2.36. The molecule has 0 saturated carbocycles. The second kappa shape index (κ2) is 9.23. The van der Waals surface area contributed by atoms with Crippen molar-refractivity contribution in [1.29, 1.82) is 0 Å².